The fourth-order valence-corrected chi connectivity index (χ4v) is 2.20. The lowest BCUT2D eigenvalue weighted by Crippen LogP contribution is -2.30. The Balaban J connectivity index is 0. The molecule has 0 saturated heterocycles. The quantitative estimate of drug-likeness (QED) is 0.443. The van der Waals surface area contributed by atoms with E-state index in [1.54, 1.807) is 0 Å². The maximum absolute atomic E-state index is 5.43. The Labute approximate surface area is 87.6 Å². The normalized spacial score (nSPS) is 11.1. The predicted molar refractivity (Wildman–Crippen MR) is 67.2 cm³/mol. The lowest BCUT2D eigenvalue weighted by Gasteiger charge is -2.19. The molecule has 0 aliphatic carbocycles. The highest BCUT2D eigenvalue weighted by atomic mass is 28.4. The number of hydrogen-bond acceptors (Lipinski definition) is 3. The molecule has 0 fully saturated rings. The summed E-state index contributed by atoms with van der Waals surface area (Å²) in [7, 11) is 0.510. The fraction of sp³-hybridized carbons (Fsp3) is 1.00. The van der Waals surface area contributed by atoms with E-state index in [4.69, 9.17) is 10.2 Å². The molecular weight excluding hydrogens is 196 g/mol. The van der Waals surface area contributed by atoms with Crippen LogP contribution >= 0.6 is 0 Å². The van der Waals surface area contributed by atoms with Gasteiger partial charge in [-0.3, -0.25) is 0 Å². The van der Waals surface area contributed by atoms with Crippen molar-refractivity contribution in [2.24, 2.45) is 5.73 Å². The van der Waals surface area contributed by atoms with Crippen molar-refractivity contribution in [1.82, 2.24) is 5.32 Å². The molecule has 0 unspecified atom stereocenters. The Kier molecular flexibility index (Phi) is 10.8. The predicted octanol–water partition coefficient (Wildman–Crippen LogP) is -0.675. The van der Waals surface area contributed by atoms with Crippen molar-refractivity contribution in [1.29, 1.82) is 0 Å². The van der Waals surface area contributed by atoms with Gasteiger partial charge in [0, 0.05) is 20.2 Å². The molecule has 0 radical (unpaired) electrons. The van der Waals surface area contributed by atoms with Gasteiger partial charge in [0.1, 0.15) is 0 Å². The lowest BCUT2D eigenvalue weighted by atomic mass is 10.5. The minimum absolute atomic E-state index is 0. The van der Waals surface area contributed by atoms with Gasteiger partial charge in [0.05, 0.1) is 0 Å². The van der Waals surface area contributed by atoms with Gasteiger partial charge in [0.2, 0.25) is 0 Å². The second-order valence-corrected chi connectivity index (χ2v) is 8.03. The van der Waals surface area contributed by atoms with Crippen LogP contribution in [0.25, 0.3) is 0 Å². The molecular formula is C8H26N2OSi2. The minimum atomic E-state index is -1.31. The first-order valence-corrected chi connectivity index (χ1v) is 7.70. The van der Waals surface area contributed by atoms with Crippen LogP contribution in [-0.4, -0.2) is 46.0 Å². The van der Waals surface area contributed by atoms with E-state index >= 15 is 0 Å². The van der Waals surface area contributed by atoms with E-state index in [0.29, 0.717) is 0 Å². The SMILES string of the molecule is CO[Si](C)(C)CCCNCCN.[SiH4]. The molecule has 0 bridgehead atoms. The average Bonchev–Trinajstić information content (AvgIpc) is 2.04. The standard InChI is InChI=1S/C8H22N2OSi.H4Si/c1-11-12(2,3)8-4-6-10-7-5-9;/h10H,4-9H2,1-3H3;1H4. The molecule has 0 spiro atoms. The summed E-state index contributed by atoms with van der Waals surface area (Å²) in [5.41, 5.74) is 5.34. The van der Waals surface area contributed by atoms with Gasteiger partial charge in [-0.1, -0.05) is 0 Å². The van der Waals surface area contributed by atoms with Crippen molar-refractivity contribution in [2.45, 2.75) is 25.6 Å². The second-order valence-electron chi connectivity index (χ2n) is 3.61. The van der Waals surface area contributed by atoms with Crippen LogP contribution in [0.4, 0.5) is 0 Å². The lowest BCUT2D eigenvalue weighted by molar-refractivity contribution is 0.401. The smallest absolute Gasteiger partial charge is 0.186 e. The summed E-state index contributed by atoms with van der Waals surface area (Å²) in [6, 6.07) is 1.22. The van der Waals surface area contributed by atoms with Crippen LogP contribution in [-0.2, 0) is 4.43 Å². The van der Waals surface area contributed by atoms with Crippen molar-refractivity contribution in [3.8, 4) is 0 Å². The first-order valence-electron chi connectivity index (χ1n) is 4.58. The second kappa shape index (κ2) is 8.89. The summed E-state index contributed by atoms with van der Waals surface area (Å²) < 4.78 is 5.43. The molecule has 13 heavy (non-hydrogen) atoms. The molecule has 82 valence electrons. The maximum atomic E-state index is 5.43. The molecule has 0 rings (SSSR count). The van der Waals surface area contributed by atoms with Crippen LogP contribution in [0.15, 0.2) is 0 Å². The van der Waals surface area contributed by atoms with Crippen LogP contribution in [0.2, 0.25) is 19.1 Å². The minimum Gasteiger partial charge on any atom is -0.420 e. The van der Waals surface area contributed by atoms with Gasteiger partial charge in [-0.25, -0.2) is 0 Å². The van der Waals surface area contributed by atoms with E-state index in [1.165, 1.54) is 12.5 Å². The molecule has 0 aliphatic rings. The van der Waals surface area contributed by atoms with Gasteiger partial charge < -0.3 is 15.5 Å². The molecule has 0 heterocycles. The Morgan fingerprint density at radius 2 is 1.92 bits per heavy atom. The third kappa shape index (κ3) is 10.2. The average molecular weight is 222 g/mol. The third-order valence-electron chi connectivity index (χ3n) is 2.01. The van der Waals surface area contributed by atoms with Crippen LogP contribution in [0, 0.1) is 0 Å². The molecule has 0 aromatic heterocycles. The van der Waals surface area contributed by atoms with E-state index in [1.807, 2.05) is 7.11 Å². The van der Waals surface area contributed by atoms with Crippen molar-refractivity contribution < 1.29 is 4.43 Å². The van der Waals surface area contributed by atoms with E-state index in [9.17, 15) is 0 Å². The molecule has 0 atom stereocenters. The van der Waals surface area contributed by atoms with E-state index < -0.39 is 8.32 Å². The van der Waals surface area contributed by atoms with Crippen molar-refractivity contribution in [3.05, 3.63) is 0 Å². The summed E-state index contributed by atoms with van der Waals surface area (Å²) in [4.78, 5) is 0. The van der Waals surface area contributed by atoms with Crippen LogP contribution in [0.5, 0.6) is 0 Å². The van der Waals surface area contributed by atoms with Crippen LogP contribution in [0.1, 0.15) is 6.42 Å². The molecule has 5 heteroatoms. The number of nitrogens with two attached hydrogens (primary N) is 1. The monoisotopic (exact) mass is 222 g/mol. The first-order chi connectivity index (χ1) is 5.62. The fourth-order valence-electron chi connectivity index (χ4n) is 0.968. The molecule has 0 saturated carbocycles. The zero-order valence-corrected chi connectivity index (χ0v) is 9.52. The van der Waals surface area contributed by atoms with Gasteiger partial charge in [-0.2, -0.15) is 0 Å². The zero-order valence-electron chi connectivity index (χ0n) is 8.52. The van der Waals surface area contributed by atoms with Crippen molar-refractivity contribution in [3.63, 3.8) is 0 Å². The Morgan fingerprint density at radius 3 is 2.38 bits per heavy atom. The Hall–Kier alpha value is 0.314. The van der Waals surface area contributed by atoms with Crippen LogP contribution in [0.3, 0.4) is 0 Å². The highest BCUT2D eigenvalue weighted by Gasteiger charge is 2.18. The summed E-state index contributed by atoms with van der Waals surface area (Å²) in [5, 5.41) is 3.27. The zero-order chi connectivity index (χ0) is 9.45. The first kappa shape index (κ1) is 15.8. The van der Waals surface area contributed by atoms with Crippen LogP contribution < -0.4 is 11.1 Å². The Morgan fingerprint density at radius 1 is 1.31 bits per heavy atom. The van der Waals surface area contributed by atoms with Gasteiger partial charge in [0.15, 0.2) is 8.32 Å². The molecule has 0 aromatic rings. The van der Waals surface area contributed by atoms with Crippen molar-refractivity contribution >= 4 is 19.3 Å². The summed E-state index contributed by atoms with van der Waals surface area (Å²) in [6.07, 6.45) is 1.20. The number of nitrogens with one attached hydrogen (secondary N) is 1. The highest BCUT2D eigenvalue weighted by molar-refractivity contribution is 6.71. The van der Waals surface area contributed by atoms with Gasteiger partial charge in [0.25, 0.3) is 0 Å². The number of rotatable bonds is 7. The molecule has 3 N–H and O–H groups in total. The molecule has 0 amide bonds. The molecule has 3 nitrogen and oxygen atoms in total. The molecule has 0 aromatic carbocycles. The summed E-state index contributed by atoms with van der Waals surface area (Å²) in [5.74, 6) is 0. The van der Waals surface area contributed by atoms with Gasteiger partial charge in [-0.15, -0.1) is 0 Å². The van der Waals surface area contributed by atoms with Gasteiger partial charge >= 0.3 is 0 Å². The Bertz CT molecular complexity index is 112. The van der Waals surface area contributed by atoms with Crippen molar-refractivity contribution in [2.75, 3.05) is 26.7 Å². The third-order valence-corrected chi connectivity index (χ3v) is 4.67. The van der Waals surface area contributed by atoms with E-state index in [0.717, 1.165) is 19.6 Å². The summed E-state index contributed by atoms with van der Waals surface area (Å²) in [6.45, 7) is 7.21. The maximum Gasteiger partial charge on any atom is 0.186 e. The molecule has 0 aliphatic heterocycles. The van der Waals surface area contributed by atoms with Gasteiger partial charge in [-0.05, 0) is 43.1 Å². The highest BCUT2D eigenvalue weighted by Crippen LogP contribution is 2.11. The number of hydrogen-bond donors (Lipinski definition) is 2. The largest absolute Gasteiger partial charge is 0.420 e. The van der Waals surface area contributed by atoms with E-state index in [2.05, 4.69) is 18.4 Å². The summed E-state index contributed by atoms with van der Waals surface area (Å²) >= 11 is 0. The topological polar surface area (TPSA) is 47.3 Å². The van der Waals surface area contributed by atoms with E-state index in [-0.39, 0.29) is 11.0 Å².